The minimum atomic E-state index is -1.79. The van der Waals surface area contributed by atoms with Gasteiger partial charge in [-0.05, 0) is 89.8 Å². The van der Waals surface area contributed by atoms with Crippen LogP contribution in [0.4, 0.5) is 0 Å². The SMILES string of the molecule is C#CC#CC#COC(C)(OC1OC(CO)C(O)C(O)C1O)C1CCC2(C)C1C(O)CC1C3(C)CCC(O)C(C)(C)C3C(OC3OC(CO)C(O)C(O)C3OC3OCC(O)C(O)C3O)CC12C. The van der Waals surface area contributed by atoms with Crippen LogP contribution in [0.25, 0.3) is 0 Å². The Morgan fingerprint density at radius 1 is 0.682 bits per heavy atom. The Morgan fingerprint density at radius 3 is 1.97 bits per heavy atom. The maximum atomic E-state index is 12.6. The molecular weight excluding hydrogens is 868 g/mol. The van der Waals surface area contributed by atoms with Gasteiger partial charge in [0.1, 0.15) is 73.3 Å². The number of aliphatic hydroxyl groups is 12. The number of aliphatic hydroxyl groups excluding tert-OH is 12. The third kappa shape index (κ3) is 8.50. The van der Waals surface area contributed by atoms with Gasteiger partial charge in [0.05, 0.1) is 38.1 Å². The Morgan fingerprint density at radius 2 is 1.32 bits per heavy atom. The fourth-order valence-electron chi connectivity index (χ4n) is 13.9. The van der Waals surface area contributed by atoms with Gasteiger partial charge in [0.2, 0.25) is 5.79 Å². The van der Waals surface area contributed by atoms with Crippen molar-refractivity contribution in [2.24, 2.45) is 45.3 Å². The van der Waals surface area contributed by atoms with Gasteiger partial charge < -0.3 is 94.4 Å². The lowest BCUT2D eigenvalue weighted by Crippen LogP contribution is -2.71. The largest absolute Gasteiger partial charge is 0.411 e. The van der Waals surface area contributed by atoms with E-state index < -0.39 is 169 Å². The molecule has 19 heteroatoms. The molecule has 372 valence electrons. The Labute approximate surface area is 385 Å². The van der Waals surface area contributed by atoms with Gasteiger partial charge in [-0.15, -0.1) is 6.42 Å². The molecule has 0 radical (unpaired) electrons. The molecule has 4 saturated carbocycles. The lowest BCUT2D eigenvalue weighted by atomic mass is 9.34. The van der Waals surface area contributed by atoms with Gasteiger partial charge in [0, 0.05) is 24.7 Å². The topological polar surface area (TPSA) is 307 Å². The number of hydrogen-bond acceptors (Lipinski definition) is 19. The highest BCUT2D eigenvalue weighted by molar-refractivity contribution is 5.33. The van der Waals surface area contributed by atoms with Gasteiger partial charge in [-0.1, -0.05) is 34.6 Å². The molecule has 0 aromatic rings. The van der Waals surface area contributed by atoms with Crippen molar-refractivity contribution in [2.45, 2.75) is 190 Å². The molecule has 0 spiro atoms. The summed E-state index contributed by atoms with van der Waals surface area (Å²) in [4.78, 5) is 0. The van der Waals surface area contributed by atoms with Crippen molar-refractivity contribution >= 4 is 0 Å². The van der Waals surface area contributed by atoms with E-state index in [0.717, 1.165) is 0 Å². The second kappa shape index (κ2) is 19.2. The average molecular weight is 939 g/mol. The van der Waals surface area contributed by atoms with Gasteiger partial charge in [-0.3, -0.25) is 0 Å². The summed E-state index contributed by atoms with van der Waals surface area (Å²) in [5.41, 5.74) is -2.87. The van der Waals surface area contributed by atoms with E-state index in [-0.39, 0.29) is 5.92 Å². The Bertz CT molecular complexity index is 1890. The van der Waals surface area contributed by atoms with E-state index in [9.17, 15) is 61.3 Å². The molecule has 3 saturated heterocycles. The summed E-state index contributed by atoms with van der Waals surface area (Å²) in [5.74, 6) is 5.90. The molecule has 66 heavy (non-hydrogen) atoms. The summed E-state index contributed by atoms with van der Waals surface area (Å²) in [7, 11) is 0. The number of fused-ring (bicyclic) bond motifs is 5. The summed E-state index contributed by atoms with van der Waals surface area (Å²) in [6.45, 7) is 10.1. The van der Waals surface area contributed by atoms with Crippen LogP contribution in [0, 0.1) is 81.5 Å². The minimum absolute atomic E-state index is 0.176. The Hall–Kier alpha value is -2.24. The van der Waals surface area contributed by atoms with E-state index >= 15 is 0 Å². The molecule has 3 heterocycles. The predicted octanol–water partition coefficient (Wildman–Crippen LogP) is -2.59. The van der Waals surface area contributed by atoms with Gasteiger partial charge in [-0.25, -0.2) is 0 Å². The van der Waals surface area contributed by atoms with Crippen molar-refractivity contribution < 1.29 is 94.4 Å². The fourth-order valence-corrected chi connectivity index (χ4v) is 13.9. The molecule has 7 aliphatic rings. The van der Waals surface area contributed by atoms with Crippen LogP contribution in [0.2, 0.25) is 0 Å². The van der Waals surface area contributed by atoms with E-state index in [1.807, 2.05) is 13.8 Å². The Balaban J connectivity index is 1.27. The highest BCUT2D eigenvalue weighted by atomic mass is 16.8. The highest BCUT2D eigenvalue weighted by Gasteiger charge is 2.74. The highest BCUT2D eigenvalue weighted by Crippen LogP contribution is 2.76. The lowest BCUT2D eigenvalue weighted by molar-refractivity contribution is -0.380. The third-order valence-corrected chi connectivity index (χ3v) is 17.5. The average Bonchev–Trinajstić information content (AvgIpc) is 3.66. The maximum absolute atomic E-state index is 12.6. The normalized spacial score (nSPS) is 51.8. The zero-order valence-corrected chi connectivity index (χ0v) is 38.3. The first-order valence-corrected chi connectivity index (χ1v) is 23.0. The second-order valence-corrected chi connectivity index (χ2v) is 21.2. The molecule has 7 fully saturated rings. The summed E-state index contributed by atoms with van der Waals surface area (Å²) < 4.78 is 43.3. The molecule has 25 atom stereocenters. The fraction of sp³-hybridized carbons (Fsp3) is 0.872. The molecule has 0 bridgehead atoms. The molecule has 0 amide bonds. The number of terminal acetylenes is 1. The first kappa shape index (κ1) is 51.6. The molecular formula is C47H70O19. The standard InChI is InChI=1S/C47H70O19/c1-8-9-10-11-16-61-47(7,66-41-37(59)34(56)32(54)26(19-48)63-41)22-12-15-45(5)30(22)23(50)17-28-44(4)14-13-29(52)43(2,3)39(44)25(18-46(28,45)6)62-42-38(35(57)33(55)27(20-49)64-42)65-40-36(58)31(53)24(51)21-60-40/h1,22-42,48-59H,12-15,17-21H2,2-7H3. The predicted molar refractivity (Wildman–Crippen MR) is 226 cm³/mol. The van der Waals surface area contributed by atoms with Crippen LogP contribution in [-0.2, 0) is 33.2 Å². The molecule has 25 unspecified atom stereocenters. The summed E-state index contributed by atoms with van der Waals surface area (Å²) in [5, 5.41) is 131. The molecule has 0 aromatic heterocycles. The molecule has 19 nitrogen and oxygen atoms in total. The minimum Gasteiger partial charge on any atom is -0.411 e. The van der Waals surface area contributed by atoms with Crippen LogP contribution in [0.5, 0.6) is 0 Å². The number of hydrogen-bond donors (Lipinski definition) is 12. The van der Waals surface area contributed by atoms with Crippen molar-refractivity contribution in [3.05, 3.63) is 0 Å². The quantitative estimate of drug-likeness (QED) is 0.0608. The lowest BCUT2D eigenvalue weighted by Gasteiger charge is -2.72. The number of ether oxygens (including phenoxy) is 7. The van der Waals surface area contributed by atoms with Gasteiger partial charge >= 0.3 is 0 Å². The second-order valence-electron chi connectivity index (χ2n) is 21.2. The van der Waals surface area contributed by atoms with E-state index in [1.165, 1.54) is 0 Å². The van der Waals surface area contributed by atoms with E-state index in [2.05, 4.69) is 50.6 Å². The number of rotatable bonds is 10. The van der Waals surface area contributed by atoms with Crippen LogP contribution in [0.1, 0.15) is 80.1 Å². The van der Waals surface area contributed by atoms with Crippen molar-refractivity contribution in [1.29, 1.82) is 0 Å². The molecule has 3 aliphatic heterocycles. The first-order valence-electron chi connectivity index (χ1n) is 23.0. The van der Waals surface area contributed by atoms with E-state index in [4.69, 9.17) is 39.6 Å². The van der Waals surface area contributed by atoms with E-state index in [0.29, 0.717) is 38.5 Å². The van der Waals surface area contributed by atoms with Gasteiger partial charge in [0.15, 0.2) is 18.9 Å². The molecule has 0 aromatic carbocycles. The molecule has 12 N–H and O–H groups in total. The van der Waals surface area contributed by atoms with Gasteiger partial charge in [-0.2, -0.15) is 0 Å². The first-order chi connectivity index (χ1) is 30.9. The van der Waals surface area contributed by atoms with Crippen molar-refractivity contribution in [2.75, 3.05) is 19.8 Å². The van der Waals surface area contributed by atoms with Crippen LogP contribution in [0.3, 0.4) is 0 Å². The summed E-state index contributed by atoms with van der Waals surface area (Å²) >= 11 is 0. The zero-order valence-electron chi connectivity index (χ0n) is 38.3. The monoisotopic (exact) mass is 938 g/mol. The van der Waals surface area contributed by atoms with Crippen molar-refractivity contribution in [3.8, 4) is 36.2 Å². The smallest absolute Gasteiger partial charge is 0.223 e. The van der Waals surface area contributed by atoms with Crippen LogP contribution in [0.15, 0.2) is 0 Å². The van der Waals surface area contributed by atoms with Gasteiger partial charge in [0.25, 0.3) is 0 Å². The van der Waals surface area contributed by atoms with E-state index in [1.54, 1.807) is 6.92 Å². The Kier molecular flexibility index (Phi) is 15.0. The molecule has 7 rings (SSSR count). The summed E-state index contributed by atoms with van der Waals surface area (Å²) in [6.07, 6.45) is -14.6. The third-order valence-electron chi connectivity index (χ3n) is 17.5. The zero-order chi connectivity index (χ0) is 48.5. The van der Waals surface area contributed by atoms with Crippen LogP contribution < -0.4 is 0 Å². The van der Waals surface area contributed by atoms with Crippen LogP contribution in [-0.4, -0.2) is 191 Å². The van der Waals surface area contributed by atoms with Crippen LogP contribution >= 0.6 is 0 Å². The van der Waals surface area contributed by atoms with Crippen molar-refractivity contribution in [1.82, 2.24) is 0 Å². The maximum Gasteiger partial charge on any atom is 0.223 e. The van der Waals surface area contributed by atoms with Crippen molar-refractivity contribution in [3.63, 3.8) is 0 Å². The molecule has 4 aliphatic carbocycles. The summed E-state index contributed by atoms with van der Waals surface area (Å²) in [6, 6.07) is 0.